The Morgan fingerprint density at radius 2 is 1.83 bits per heavy atom. The summed E-state index contributed by atoms with van der Waals surface area (Å²) in [5, 5.41) is 7.89. The van der Waals surface area contributed by atoms with E-state index in [1.165, 1.54) is 6.92 Å². The lowest BCUT2D eigenvalue weighted by Gasteiger charge is -1.79. The van der Waals surface area contributed by atoms with Crippen molar-refractivity contribution in [3.63, 3.8) is 0 Å². The molecule has 12 heavy (non-hydrogen) atoms. The van der Waals surface area contributed by atoms with E-state index in [2.05, 4.69) is 16.1 Å². The van der Waals surface area contributed by atoms with Gasteiger partial charge in [-0.25, -0.2) is 9.59 Å². The first-order valence-electron chi connectivity index (χ1n) is 3.22. The van der Waals surface area contributed by atoms with E-state index in [4.69, 9.17) is 5.11 Å². The van der Waals surface area contributed by atoms with Crippen molar-refractivity contribution in [2.75, 3.05) is 13.2 Å². The zero-order valence-corrected chi connectivity index (χ0v) is 6.70. The normalized spacial score (nSPS) is 13.6. The van der Waals surface area contributed by atoms with Crippen LogP contribution >= 0.6 is 0 Å². The Labute approximate surface area is 69.6 Å². The van der Waals surface area contributed by atoms with Crippen molar-refractivity contribution in [3.05, 3.63) is 12.2 Å². The number of ether oxygens (including phenoxy) is 2. The van der Waals surface area contributed by atoms with Gasteiger partial charge in [-0.05, 0) is 6.92 Å². The molecule has 0 saturated carbocycles. The second-order valence-corrected chi connectivity index (χ2v) is 2.03. The second-order valence-electron chi connectivity index (χ2n) is 2.03. The van der Waals surface area contributed by atoms with Gasteiger partial charge in [0.25, 0.3) is 0 Å². The third-order valence-corrected chi connectivity index (χ3v) is 0.888. The molecule has 68 valence electrons. The Morgan fingerprint density at radius 3 is 1.92 bits per heavy atom. The summed E-state index contributed by atoms with van der Waals surface area (Å²) in [5.41, 5.74) is 0.176. The molecule has 1 rings (SSSR count). The molecule has 1 N–H and O–H groups in total. The lowest BCUT2D eigenvalue weighted by molar-refractivity contribution is -0.132. The Hall–Kier alpha value is -1.52. The minimum atomic E-state index is -0.935. The molecule has 0 radical (unpaired) electrons. The minimum Gasteiger partial charge on any atom is -0.478 e. The second kappa shape index (κ2) is 5.17. The summed E-state index contributed by atoms with van der Waals surface area (Å²) in [6.45, 7) is 5.43. The van der Waals surface area contributed by atoms with Crippen LogP contribution in [-0.2, 0) is 14.3 Å². The Morgan fingerprint density at radius 1 is 1.50 bits per heavy atom. The van der Waals surface area contributed by atoms with Gasteiger partial charge >= 0.3 is 12.1 Å². The average Bonchev–Trinajstić information content (AvgIpc) is 2.40. The van der Waals surface area contributed by atoms with Crippen molar-refractivity contribution < 1.29 is 24.2 Å². The molecule has 1 fully saturated rings. The van der Waals surface area contributed by atoms with Crippen LogP contribution in [0.25, 0.3) is 0 Å². The summed E-state index contributed by atoms with van der Waals surface area (Å²) >= 11 is 0. The quantitative estimate of drug-likeness (QED) is 0.470. The molecule has 0 atom stereocenters. The number of carboxylic acid groups (broad SMARTS) is 1. The first-order valence-corrected chi connectivity index (χ1v) is 3.22. The van der Waals surface area contributed by atoms with Gasteiger partial charge in [-0.1, -0.05) is 6.58 Å². The van der Waals surface area contributed by atoms with Gasteiger partial charge in [0, 0.05) is 5.57 Å². The summed E-state index contributed by atoms with van der Waals surface area (Å²) in [7, 11) is 0. The highest BCUT2D eigenvalue weighted by molar-refractivity contribution is 5.84. The molecule has 1 aliphatic rings. The fourth-order valence-corrected chi connectivity index (χ4v) is 0.292. The van der Waals surface area contributed by atoms with Crippen LogP contribution in [0.2, 0.25) is 0 Å². The number of cyclic esters (lactones) is 2. The van der Waals surface area contributed by atoms with Crippen LogP contribution in [0.3, 0.4) is 0 Å². The minimum absolute atomic E-state index is 0.176. The summed E-state index contributed by atoms with van der Waals surface area (Å²) in [4.78, 5) is 19.4. The van der Waals surface area contributed by atoms with Crippen LogP contribution in [0.15, 0.2) is 12.2 Å². The monoisotopic (exact) mass is 174 g/mol. The third kappa shape index (κ3) is 5.28. The summed E-state index contributed by atoms with van der Waals surface area (Å²) < 4.78 is 8.58. The molecule has 1 heterocycles. The van der Waals surface area contributed by atoms with E-state index >= 15 is 0 Å². The fraction of sp³-hybridized carbons (Fsp3) is 0.429. The van der Waals surface area contributed by atoms with Gasteiger partial charge in [-0.2, -0.15) is 0 Å². The lowest BCUT2D eigenvalue weighted by atomic mass is 10.4. The summed E-state index contributed by atoms with van der Waals surface area (Å²) in [6, 6.07) is 0. The van der Waals surface area contributed by atoms with Crippen LogP contribution in [-0.4, -0.2) is 30.4 Å². The number of carbonyl (C=O) groups excluding carboxylic acids is 1. The van der Waals surface area contributed by atoms with Gasteiger partial charge in [0.05, 0.1) is 0 Å². The van der Waals surface area contributed by atoms with Crippen molar-refractivity contribution in [2.45, 2.75) is 6.92 Å². The lowest BCUT2D eigenvalue weighted by Crippen LogP contribution is -1.92. The maximum atomic E-state index is 9.80. The van der Waals surface area contributed by atoms with Crippen molar-refractivity contribution >= 4 is 12.1 Å². The average molecular weight is 174 g/mol. The number of hydrogen-bond acceptors (Lipinski definition) is 4. The Kier molecular flexibility index (Phi) is 4.52. The van der Waals surface area contributed by atoms with Crippen molar-refractivity contribution in [2.24, 2.45) is 0 Å². The molecule has 1 aliphatic heterocycles. The van der Waals surface area contributed by atoms with Crippen LogP contribution in [0, 0.1) is 0 Å². The highest BCUT2D eigenvalue weighted by Gasteiger charge is 2.09. The molecule has 0 aromatic heterocycles. The molecule has 0 bridgehead atoms. The maximum absolute atomic E-state index is 9.80. The molecule has 5 nitrogen and oxygen atoms in total. The first kappa shape index (κ1) is 10.5. The van der Waals surface area contributed by atoms with Gasteiger partial charge in [0.2, 0.25) is 0 Å². The highest BCUT2D eigenvalue weighted by Crippen LogP contribution is 1.92. The Bertz CT molecular complexity index is 176. The van der Waals surface area contributed by atoms with E-state index in [0.717, 1.165) is 0 Å². The van der Waals surface area contributed by atoms with Gasteiger partial charge < -0.3 is 14.6 Å². The molecular formula is C7H10O5. The van der Waals surface area contributed by atoms with Crippen LogP contribution in [0.4, 0.5) is 4.79 Å². The molecule has 0 aliphatic carbocycles. The zero-order valence-electron chi connectivity index (χ0n) is 6.70. The highest BCUT2D eigenvalue weighted by atomic mass is 16.8. The van der Waals surface area contributed by atoms with Crippen molar-refractivity contribution in [1.29, 1.82) is 0 Å². The number of rotatable bonds is 1. The SMILES string of the molecule is C=C(C)C(=O)O.O=C1OCCO1. The number of carboxylic acids is 1. The topological polar surface area (TPSA) is 72.8 Å². The molecule has 0 spiro atoms. The van der Waals surface area contributed by atoms with Gasteiger partial charge in [-0.15, -0.1) is 0 Å². The number of aliphatic carboxylic acids is 1. The predicted molar refractivity (Wildman–Crippen MR) is 39.7 cm³/mol. The van der Waals surface area contributed by atoms with Crippen LogP contribution < -0.4 is 0 Å². The molecule has 0 aromatic rings. The third-order valence-electron chi connectivity index (χ3n) is 0.888. The molecule has 1 saturated heterocycles. The molecule has 0 unspecified atom stereocenters. The van der Waals surface area contributed by atoms with E-state index in [0.29, 0.717) is 13.2 Å². The van der Waals surface area contributed by atoms with E-state index < -0.39 is 12.1 Å². The van der Waals surface area contributed by atoms with Crippen LogP contribution in [0.1, 0.15) is 6.92 Å². The van der Waals surface area contributed by atoms with Crippen molar-refractivity contribution in [3.8, 4) is 0 Å². The van der Waals surface area contributed by atoms with Gasteiger partial charge in [0.15, 0.2) is 0 Å². The smallest absolute Gasteiger partial charge is 0.478 e. The van der Waals surface area contributed by atoms with Crippen molar-refractivity contribution in [1.82, 2.24) is 0 Å². The van der Waals surface area contributed by atoms with Crippen LogP contribution in [0.5, 0.6) is 0 Å². The number of carbonyl (C=O) groups is 2. The standard InChI is InChI=1S/C4H6O2.C3H4O3/c1-3(2)4(5)6;4-3-5-1-2-6-3/h1H2,2H3,(H,5,6);1-2H2. The fourth-order valence-electron chi connectivity index (χ4n) is 0.292. The molecule has 0 aromatic carbocycles. The van der Waals surface area contributed by atoms with E-state index in [-0.39, 0.29) is 5.57 Å². The van der Waals surface area contributed by atoms with E-state index in [1.807, 2.05) is 0 Å². The Balaban J connectivity index is 0.000000202. The maximum Gasteiger partial charge on any atom is 0.508 e. The largest absolute Gasteiger partial charge is 0.508 e. The first-order chi connectivity index (χ1) is 5.54. The van der Waals surface area contributed by atoms with E-state index in [1.54, 1.807) is 0 Å². The molecule has 5 heteroatoms. The summed E-state index contributed by atoms with van der Waals surface area (Å²) in [5.74, 6) is -0.935. The predicted octanol–water partition coefficient (Wildman–Crippen LogP) is 0.800. The zero-order chi connectivity index (χ0) is 9.56. The summed E-state index contributed by atoms with van der Waals surface area (Å²) in [6.07, 6.45) is -0.546. The molecular weight excluding hydrogens is 164 g/mol. The van der Waals surface area contributed by atoms with Gasteiger partial charge in [-0.3, -0.25) is 0 Å². The van der Waals surface area contributed by atoms with E-state index in [9.17, 15) is 9.59 Å². The number of hydrogen-bond donors (Lipinski definition) is 1. The molecule has 0 amide bonds. The van der Waals surface area contributed by atoms with Gasteiger partial charge in [0.1, 0.15) is 13.2 Å².